The van der Waals surface area contributed by atoms with Gasteiger partial charge >= 0.3 is 10.2 Å². The lowest BCUT2D eigenvalue weighted by Gasteiger charge is -2.15. The number of nitrogens with zero attached hydrogens (tertiary/aromatic N) is 3. The summed E-state index contributed by atoms with van der Waals surface area (Å²) in [5.74, 6) is 0. The average molecular weight is 259 g/mol. The van der Waals surface area contributed by atoms with Crippen LogP contribution < -0.4 is 0 Å². The van der Waals surface area contributed by atoms with E-state index in [1.54, 1.807) is 6.20 Å². The Labute approximate surface area is 101 Å². The average Bonchev–Trinajstić information content (AvgIpc) is 2.53. The second kappa shape index (κ2) is 4.40. The lowest BCUT2D eigenvalue weighted by atomic mass is 10.1. The Morgan fingerprint density at radius 3 is 2.88 bits per heavy atom. The van der Waals surface area contributed by atoms with Crippen LogP contribution in [0.5, 0.6) is 0 Å². The van der Waals surface area contributed by atoms with E-state index < -0.39 is 10.2 Å². The molecule has 0 radical (unpaired) electrons. The fraction of sp³-hybridized carbons (Fsp3) is 0.700. The minimum Gasteiger partial charge on any atom is -0.378 e. The van der Waals surface area contributed by atoms with Gasteiger partial charge in [0.25, 0.3) is 0 Å². The topological polar surface area (TPSA) is 64.4 Å². The van der Waals surface area contributed by atoms with Crippen molar-refractivity contribution in [2.24, 2.45) is 0 Å². The van der Waals surface area contributed by atoms with Crippen molar-refractivity contribution in [3.8, 4) is 0 Å². The molecule has 2 heterocycles. The third-order valence-electron chi connectivity index (χ3n) is 2.85. The molecule has 2 rings (SSSR count). The standard InChI is InChI=1S/C10H17N3O3S/c1-8-6-10-9(4-5-16-8)7-11-13(10)17(14,15)12(2)3/h7-8H,4-6H2,1-3H3/t8-/m1/s1. The molecule has 1 aromatic heterocycles. The Morgan fingerprint density at radius 2 is 2.24 bits per heavy atom. The minimum absolute atomic E-state index is 0.0177. The number of rotatable bonds is 2. The van der Waals surface area contributed by atoms with Gasteiger partial charge in [0.15, 0.2) is 0 Å². The van der Waals surface area contributed by atoms with E-state index in [0.717, 1.165) is 19.6 Å². The summed E-state index contributed by atoms with van der Waals surface area (Å²) in [7, 11) is -0.531. The van der Waals surface area contributed by atoms with Crippen LogP contribution in [-0.2, 0) is 27.8 Å². The molecule has 6 nitrogen and oxygen atoms in total. The summed E-state index contributed by atoms with van der Waals surface area (Å²) in [6, 6.07) is 0. The Hall–Kier alpha value is -0.920. The molecule has 0 saturated carbocycles. The van der Waals surface area contributed by atoms with Gasteiger partial charge < -0.3 is 4.74 Å². The number of hydrogen-bond donors (Lipinski definition) is 0. The van der Waals surface area contributed by atoms with Crippen LogP contribution in [0.2, 0.25) is 0 Å². The first-order chi connectivity index (χ1) is 7.93. The number of hydrogen-bond acceptors (Lipinski definition) is 4. The van der Waals surface area contributed by atoms with E-state index in [0.29, 0.717) is 19.4 Å². The van der Waals surface area contributed by atoms with Crippen molar-refractivity contribution in [3.63, 3.8) is 0 Å². The molecular weight excluding hydrogens is 242 g/mol. The predicted octanol–water partition coefficient (Wildman–Crippen LogP) is 0.0413. The molecule has 1 aliphatic heterocycles. The Bertz CT molecular complexity index is 507. The van der Waals surface area contributed by atoms with Crippen LogP contribution in [0.1, 0.15) is 18.2 Å². The van der Waals surface area contributed by atoms with Gasteiger partial charge in [-0.25, -0.2) is 0 Å². The van der Waals surface area contributed by atoms with Crippen molar-refractivity contribution >= 4 is 10.2 Å². The number of fused-ring (bicyclic) bond motifs is 1. The van der Waals surface area contributed by atoms with Crippen molar-refractivity contribution < 1.29 is 13.2 Å². The Kier molecular flexibility index (Phi) is 3.24. The van der Waals surface area contributed by atoms with Crippen molar-refractivity contribution in [1.29, 1.82) is 0 Å². The highest BCUT2D eigenvalue weighted by Crippen LogP contribution is 2.19. The smallest absolute Gasteiger partial charge is 0.322 e. The van der Waals surface area contributed by atoms with Crippen LogP contribution in [0.4, 0.5) is 0 Å². The zero-order valence-corrected chi connectivity index (χ0v) is 11.1. The maximum Gasteiger partial charge on any atom is 0.322 e. The summed E-state index contributed by atoms with van der Waals surface area (Å²) in [6.07, 6.45) is 2.92. The first-order valence-electron chi connectivity index (χ1n) is 5.53. The quantitative estimate of drug-likeness (QED) is 0.752. The van der Waals surface area contributed by atoms with Gasteiger partial charge in [0.05, 0.1) is 24.6 Å². The van der Waals surface area contributed by atoms with Crippen molar-refractivity contribution in [1.82, 2.24) is 13.5 Å². The Balaban J connectivity index is 2.48. The molecule has 0 aliphatic carbocycles. The maximum atomic E-state index is 12.1. The first-order valence-corrected chi connectivity index (χ1v) is 6.93. The molecule has 1 atom stereocenters. The number of ether oxygens (including phenoxy) is 1. The maximum absolute atomic E-state index is 12.1. The van der Waals surface area contributed by atoms with Crippen LogP contribution in [0.15, 0.2) is 6.20 Å². The van der Waals surface area contributed by atoms with E-state index in [1.807, 2.05) is 6.92 Å². The molecule has 0 amide bonds. The van der Waals surface area contributed by atoms with E-state index >= 15 is 0 Å². The van der Waals surface area contributed by atoms with Gasteiger partial charge in [0, 0.05) is 20.5 Å². The van der Waals surface area contributed by atoms with Gasteiger partial charge in [-0.15, -0.1) is 4.09 Å². The van der Waals surface area contributed by atoms with Crippen LogP contribution in [0.25, 0.3) is 0 Å². The zero-order chi connectivity index (χ0) is 12.6. The van der Waals surface area contributed by atoms with E-state index in [2.05, 4.69) is 5.10 Å². The summed E-state index contributed by atoms with van der Waals surface area (Å²) in [5, 5.41) is 4.00. The molecule has 0 aromatic carbocycles. The van der Waals surface area contributed by atoms with Crippen LogP contribution in [0.3, 0.4) is 0 Å². The Morgan fingerprint density at radius 1 is 1.53 bits per heavy atom. The molecule has 0 fully saturated rings. The molecular formula is C10H17N3O3S. The summed E-state index contributed by atoms with van der Waals surface area (Å²) in [4.78, 5) is 0. The highest BCUT2D eigenvalue weighted by atomic mass is 32.2. The predicted molar refractivity (Wildman–Crippen MR) is 63.1 cm³/mol. The van der Waals surface area contributed by atoms with Gasteiger partial charge in [-0.2, -0.15) is 17.8 Å². The second-order valence-electron chi connectivity index (χ2n) is 4.39. The van der Waals surface area contributed by atoms with E-state index in [-0.39, 0.29) is 6.10 Å². The summed E-state index contributed by atoms with van der Waals surface area (Å²) >= 11 is 0. The molecule has 7 heteroatoms. The summed E-state index contributed by atoms with van der Waals surface area (Å²) in [5.41, 5.74) is 1.70. The third-order valence-corrected chi connectivity index (χ3v) is 4.53. The van der Waals surface area contributed by atoms with Gasteiger partial charge in [-0.3, -0.25) is 0 Å². The molecule has 0 saturated heterocycles. The molecule has 96 valence electrons. The SMILES string of the molecule is C[C@@H]1Cc2c(cnn2S(=O)(=O)N(C)C)CCO1. The van der Waals surface area contributed by atoms with Gasteiger partial charge in [-0.05, 0) is 18.9 Å². The largest absolute Gasteiger partial charge is 0.378 e. The highest BCUT2D eigenvalue weighted by Gasteiger charge is 2.26. The van der Waals surface area contributed by atoms with Crippen molar-refractivity contribution in [2.75, 3.05) is 20.7 Å². The fourth-order valence-electron chi connectivity index (χ4n) is 1.86. The van der Waals surface area contributed by atoms with Crippen LogP contribution >= 0.6 is 0 Å². The molecule has 0 spiro atoms. The first kappa shape index (κ1) is 12.5. The van der Waals surface area contributed by atoms with Gasteiger partial charge in [0.1, 0.15) is 0 Å². The van der Waals surface area contributed by atoms with Crippen molar-refractivity contribution in [2.45, 2.75) is 25.9 Å². The molecule has 0 bridgehead atoms. The zero-order valence-electron chi connectivity index (χ0n) is 10.3. The normalized spacial score (nSPS) is 21.3. The third kappa shape index (κ3) is 2.22. The lowest BCUT2D eigenvalue weighted by Crippen LogP contribution is -2.31. The van der Waals surface area contributed by atoms with E-state index in [1.165, 1.54) is 14.1 Å². The second-order valence-corrected chi connectivity index (χ2v) is 6.36. The van der Waals surface area contributed by atoms with Crippen molar-refractivity contribution in [3.05, 3.63) is 17.5 Å². The molecule has 0 N–H and O–H groups in total. The minimum atomic E-state index is -3.53. The highest BCUT2D eigenvalue weighted by molar-refractivity contribution is 7.87. The van der Waals surface area contributed by atoms with Gasteiger partial charge in [-0.1, -0.05) is 0 Å². The van der Waals surface area contributed by atoms with Gasteiger partial charge in [0.2, 0.25) is 0 Å². The van der Waals surface area contributed by atoms with E-state index in [4.69, 9.17) is 4.74 Å². The monoisotopic (exact) mass is 259 g/mol. The lowest BCUT2D eigenvalue weighted by molar-refractivity contribution is 0.0735. The fourth-order valence-corrected chi connectivity index (χ4v) is 2.81. The summed E-state index contributed by atoms with van der Waals surface area (Å²) < 4.78 is 31.9. The molecule has 0 unspecified atom stereocenters. The molecule has 17 heavy (non-hydrogen) atoms. The molecule has 1 aromatic rings. The van der Waals surface area contributed by atoms with Crippen LogP contribution in [0, 0.1) is 0 Å². The summed E-state index contributed by atoms with van der Waals surface area (Å²) in [6.45, 7) is 2.55. The van der Waals surface area contributed by atoms with Crippen LogP contribution in [-0.4, -0.2) is 48.7 Å². The number of aromatic nitrogens is 2. The molecule has 1 aliphatic rings. The van der Waals surface area contributed by atoms with E-state index in [9.17, 15) is 8.42 Å².